The normalized spacial score (nSPS) is 17.5. The molecule has 2 rings (SSSR count). The second-order valence-electron chi connectivity index (χ2n) is 5.17. The summed E-state index contributed by atoms with van der Waals surface area (Å²) in [6.45, 7) is 7.62. The Morgan fingerprint density at radius 2 is 2.05 bits per heavy atom. The van der Waals surface area contributed by atoms with Crippen molar-refractivity contribution in [3.05, 3.63) is 29.6 Å². The first kappa shape index (κ1) is 14.3. The van der Waals surface area contributed by atoms with Gasteiger partial charge in [-0.1, -0.05) is 19.1 Å². The molecule has 4 heteroatoms. The Hall–Kier alpha value is -1.13. The van der Waals surface area contributed by atoms with Crippen molar-refractivity contribution >= 4 is 5.69 Å². The lowest BCUT2D eigenvalue weighted by Crippen LogP contribution is -2.30. The SMILES string of the molecule is CCNCc1cccc(F)c1N1CCCN(C)CC1. The van der Waals surface area contributed by atoms with Gasteiger partial charge in [0, 0.05) is 26.2 Å². The molecule has 1 fully saturated rings. The molecule has 0 saturated carbocycles. The van der Waals surface area contributed by atoms with Crippen LogP contribution in [0.5, 0.6) is 0 Å². The third-order valence-corrected chi connectivity index (χ3v) is 3.67. The molecule has 0 bridgehead atoms. The van der Waals surface area contributed by atoms with Gasteiger partial charge in [0.05, 0.1) is 5.69 Å². The van der Waals surface area contributed by atoms with Crippen LogP contribution in [0.2, 0.25) is 0 Å². The second-order valence-corrected chi connectivity index (χ2v) is 5.17. The van der Waals surface area contributed by atoms with Gasteiger partial charge in [-0.3, -0.25) is 0 Å². The summed E-state index contributed by atoms with van der Waals surface area (Å²) in [6.07, 6.45) is 1.09. The molecule has 3 nitrogen and oxygen atoms in total. The van der Waals surface area contributed by atoms with Gasteiger partial charge in [0.1, 0.15) is 5.82 Å². The summed E-state index contributed by atoms with van der Waals surface area (Å²) in [5, 5.41) is 3.29. The first-order valence-electron chi connectivity index (χ1n) is 7.14. The lowest BCUT2D eigenvalue weighted by atomic mass is 10.1. The van der Waals surface area contributed by atoms with Crippen molar-refractivity contribution in [1.82, 2.24) is 10.2 Å². The maximum absolute atomic E-state index is 14.2. The molecule has 1 aliphatic heterocycles. The van der Waals surface area contributed by atoms with Crippen molar-refractivity contribution in [3.63, 3.8) is 0 Å². The summed E-state index contributed by atoms with van der Waals surface area (Å²) in [6, 6.07) is 5.39. The minimum absolute atomic E-state index is 0.0973. The minimum Gasteiger partial charge on any atom is -0.368 e. The van der Waals surface area contributed by atoms with Crippen molar-refractivity contribution in [2.45, 2.75) is 19.9 Å². The number of para-hydroxylation sites is 1. The zero-order chi connectivity index (χ0) is 13.7. The fraction of sp³-hybridized carbons (Fsp3) is 0.600. The highest BCUT2D eigenvalue weighted by Gasteiger charge is 2.18. The lowest BCUT2D eigenvalue weighted by molar-refractivity contribution is 0.360. The molecule has 19 heavy (non-hydrogen) atoms. The molecule has 0 spiro atoms. The average Bonchev–Trinajstić information content (AvgIpc) is 2.61. The van der Waals surface area contributed by atoms with Gasteiger partial charge in [-0.25, -0.2) is 4.39 Å². The standard InChI is InChI=1S/C15H24FN3/c1-3-17-12-13-6-4-7-14(16)15(13)19-9-5-8-18(2)10-11-19/h4,6-7,17H,3,5,8-12H2,1-2H3. The Bertz CT molecular complexity index is 408. The van der Waals surface area contributed by atoms with Crippen LogP contribution in [0, 0.1) is 5.82 Å². The summed E-state index contributed by atoms with van der Waals surface area (Å²) in [7, 11) is 2.13. The molecular weight excluding hydrogens is 241 g/mol. The Morgan fingerprint density at radius 3 is 2.84 bits per heavy atom. The number of anilines is 1. The molecule has 1 aromatic rings. The quantitative estimate of drug-likeness (QED) is 0.899. The average molecular weight is 265 g/mol. The van der Waals surface area contributed by atoms with E-state index in [4.69, 9.17) is 0 Å². The predicted molar refractivity (Wildman–Crippen MR) is 78.1 cm³/mol. The van der Waals surface area contributed by atoms with Crippen LogP contribution in [0.4, 0.5) is 10.1 Å². The zero-order valence-corrected chi connectivity index (χ0v) is 12.0. The maximum atomic E-state index is 14.2. The molecule has 0 amide bonds. The maximum Gasteiger partial charge on any atom is 0.146 e. The summed E-state index contributed by atoms with van der Waals surface area (Å²) < 4.78 is 14.2. The van der Waals surface area contributed by atoms with E-state index in [9.17, 15) is 4.39 Å². The summed E-state index contributed by atoms with van der Waals surface area (Å²) in [5.74, 6) is -0.0973. The monoisotopic (exact) mass is 265 g/mol. The van der Waals surface area contributed by atoms with Gasteiger partial charge in [-0.15, -0.1) is 0 Å². The van der Waals surface area contributed by atoms with E-state index in [0.717, 1.165) is 56.9 Å². The van der Waals surface area contributed by atoms with Gasteiger partial charge < -0.3 is 15.1 Å². The topological polar surface area (TPSA) is 18.5 Å². The Labute approximate surface area is 115 Å². The Morgan fingerprint density at radius 1 is 1.21 bits per heavy atom. The molecular formula is C15H24FN3. The highest BCUT2D eigenvalue weighted by Crippen LogP contribution is 2.25. The van der Waals surface area contributed by atoms with E-state index in [1.54, 1.807) is 12.1 Å². The highest BCUT2D eigenvalue weighted by molar-refractivity contribution is 5.55. The van der Waals surface area contributed by atoms with Crippen molar-refractivity contribution in [2.24, 2.45) is 0 Å². The number of hydrogen-bond acceptors (Lipinski definition) is 3. The molecule has 0 aliphatic carbocycles. The Kier molecular flexibility index (Phi) is 5.16. The van der Waals surface area contributed by atoms with Crippen LogP contribution in [-0.2, 0) is 6.54 Å². The smallest absolute Gasteiger partial charge is 0.146 e. The van der Waals surface area contributed by atoms with Gasteiger partial charge in [-0.05, 0) is 38.2 Å². The second kappa shape index (κ2) is 6.87. The van der Waals surface area contributed by atoms with Gasteiger partial charge >= 0.3 is 0 Å². The summed E-state index contributed by atoms with van der Waals surface area (Å²) in [5.41, 5.74) is 1.85. The Balaban J connectivity index is 2.21. The fourth-order valence-electron chi connectivity index (χ4n) is 2.59. The largest absolute Gasteiger partial charge is 0.368 e. The zero-order valence-electron chi connectivity index (χ0n) is 12.0. The van der Waals surface area contributed by atoms with E-state index in [0.29, 0.717) is 0 Å². The van der Waals surface area contributed by atoms with Crippen LogP contribution in [0.15, 0.2) is 18.2 Å². The molecule has 1 saturated heterocycles. The number of hydrogen-bond donors (Lipinski definition) is 1. The molecule has 0 radical (unpaired) electrons. The first-order chi connectivity index (χ1) is 9.22. The van der Waals surface area contributed by atoms with E-state index < -0.39 is 0 Å². The molecule has 1 heterocycles. The molecule has 0 unspecified atom stereocenters. The molecule has 1 aromatic carbocycles. The van der Waals surface area contributed by atoms with E-state index in [2.05, 4.69) is 29.1 Å². The van der Waals surface area contributed by atoms with Crippen LogP contribution < -0.4 is 10.2 Å². The van der Waals surface area contributed by atoms with Gasteiger partial charge in [0.25, 0.3) is 0 Å². The van der Waals surface area contributed by atoms with Crippen LogP contribution in [0.25, 0.3) is 0 Å². The highest BCUT2D eigenvalue weighted by atomic mass is 19.1. The van der Waals surface area contributed by atoms with Crippen LogP contribution in [0.1, 0.15) is 18.9 Å². The molecule has 106 valence electrons. The van der Waals surface area contributed by atoms with Crippen molar-refractivity contribution < 1.29 is 4.39 Å². The molecule has 1 N–H and O–H groups in total. The van der Waals surface area contributed by atoms with Crippen molar-refractivity contribution in [1.29, 1.82) is 0 Å². The number of likely N-dealkylation sites (N-methyl/N-ethyl adjacent to an activating group) is 1. The fourth-order valence-corrected chi connectivity index (χ4v) is 2.59. The third kappa shape index (κ3) is 3.67. The number of nitrogens with zero attached hydrogens (tertiary/aromatic N) is 2. The summed E-state index contributed by atoms with van der Waals surface area (Å²) in [4.78, 5) is 4.51. The third-order valence-electron chi connectivity index (χ3n) is 3.67. The number of nitrogens with one attached hydrogen (secondary N) is 1. The van der Waals surface area contributed by atoms with Crippen molar-refractivity contribution in [2.75, 3.05) is 44.7 Å². The first-order valence-corrected chi connectivity index (χ1v) is 7.14. The molecule has 1 aliphatic rings. The van der Waals surface area contributed by atoms with Gasteiger partial charge in [-0.2, -0.15) is 0 Å². The van der Waals surface area contributed by atoms with E-state index >= 15 is 0 Å². The lowest BCUT2D eigenvalue weighted by Gasteiger charge is -2.26. The minimum atomic E-state index is -0.0973. The van der Waals surface area contributed by atoms with Crippen LogP contribution >= 0.6 is 0 Å². The van der Waals surface area contributed by atoms with Gasteiger partial charge in [0.15, 0.2) is 0 Å². The van der Waals surface area contributed by atoms with E-state index in [-0.39, 0.29) is 5.82 Å². The molecule has 0 atom stereocenters. The van der Waals surface area contributed by atoms with Crippen molar-refractivity contribution in [3.8, 4) is 0 Å². The van der Waals surface area contributed by atoms with Crippen LogP contribution in [0.3, 0.4) is 0 Å². The number of halogens is 1. The summed E-state index contributed by atoms with van der Waals surface area (Å²) >= 11 is 0. The molecule has 0 aromatic heterocycles. The predicted octanol–water partition coefficient (Wildman–Crippen LogP) is 2.08. The van der Waals surface area contributed by atoms with Gasteiger partial charge in [0.2, 0.25) is 0 Å². The van der Waals surface area contributed by atoms with E-state index in [1.165, 1.54) is 0 Å². The van der Waals surface area contributed by atoms with E-state index in [1.807, 2.05) is 6.07 Å². The number of rotatable bonds is 4. The number of benzene rings is 1. The van der Waals surface area contributed by atoms with Crippen LogP contribution in [-0.4, -0.2) is 44.7 Å².